The molecule has 0 aromatic carbocycles. The van der Waals surface area contributed by atoms with E-state index in [9.17, 15) is 19.2 Å². The Morgan fingerprint density at radius 1 is 1.00 bits per heavy atom. The first-order valence-electron chi connectivity index (χ1n) is 12.8. The number of ketones is 1. The van der Waals surface area contributed by atoms with Crippen LogP contribution in [0.5, 0.6) is 0 Å². The van der Waals surface area contributed by atoms with Crippen LogP contribution in [0.2, 0.25) is 0 Å². The molecule has 0 bridgehead atoms. The molecular formula is C24H40N4O4S. The van der Waals surface area contributed by atoms with E-state index in [1.54, 1.807) is 4.90 Å². The van der Waals surface area contributed by atoms with Gasteiger partial charge < -0.3 is 20.9 Å². The number of hydrogen-bond acceptors (Lipinski definition) is 5. The Balaban J connectivity index is 1.68. The van der Waals surface area contributed by atoms with Gasteiger partial charge in [0, 0.05) is 30.6 Å². The van der Waals surface area contributed by atoms with Crippen molar-refractivity contribution in [2.24, 2.45) is 0 Å². The highest BCUT2D eigenvalue weighted by atomic mass is 32.2. The first-order valence-corrected chi connectivity index (χ1v) is 13.9. The van der Waals surface area contributed by atoms with Crippen molar-refractivity contribution < 1.29 is 19.2 Å². The van der Waals surface area contributed by atoms with Gasteiger partial charge in [0.25, 0.3) is 5.91 Å². The summed E-state index contributed by atoms with van der Waals surface area (Å²) in [5.41, 5.74) is -1.02. The third-order valence-electron chi connectivity index (χ3n) is 7.17. The van der Waals surface area contributed by atoms with E-state index in [4.69, 9.17) is 0 Å². The second-order valence-corrected chi connectivity index (χ2v) is 10.9. The molecular weight excluding hydrogens is 440 g/mol. The molecule has 3 N–H and O–H groups in total. The summed E-state index contributed by atoms with van der Waals surface area (Å²) in [7, 11) is 0. The highest BCUT2D eigenvalue weighted by molar-refractivity contribution is 7.99. The third kappa shape index (κ3) is 7.11. The molecule has 1 atom stereocenters. The first-order chi connectivity index (χ1) is 15.9. The smallest absolute Gasteiger partial charge is 0.318 e. The molecule has 1 heterocycles. The summed E-state index contributed by atoms with van der Waals surface area (Å²) in [6, 6.07) is -1.01. The SMILES string of the molecule is CCCCC(NC(=O)C1(NC(=O)N2CCSCC2)CCCCC1)C(=O)C(=O)NC1CCCC1. The molecule has 186 valence electrons. The van der Waals surface area contributed by atoms with Gasteiger partial charge in [0.1, 0.15) is 5.54 Å². The van der Waals surface area contributed by atoms with E-state index in [1.165, 1.54) is 0 Å². The number of carbonyl (C=O) groups is 4. The maximum Gasteiger partial charge on any atom is 0.318 e. The van der Waals surface area contributed by atoms with Gasteiger partial charge in [0.2, 0.25) is 11.7 Å². The predicted octanol–water partition coefficient (Wildman–Crippen LogP) is 2.75. The van der Waals surface area contributed by atoms with E-state index in [0.29, 0.717) is 32.4 Å². The number of nitrogens with one attached hydrogen (secondary N) is 3. The summed E-state index contributed by atoms with van der Waals surface area (Å²) >= 11 is 1.82. The molecule has 0 aromatic heterocycles. The number of hydrogen-bond donors (Lipinski definition) is 3. The maximum atomic E-state index is 13.6. The van der Waals surface area contributed by atoms with Crippen molar-refractivity contribution in [1.29, 1.82) is 0 Å². The molecule has 2 saturated carbocycles. The second kappa shape index (κ2) is 12.6. The number of nitrogens with zero attached hydrogens (tertiary/aromatic N) is 1. The summed E-state index contributed by atoms with van der Waals surface area (Å²) in [5.74, 6) is 0.294. The minimum atomic E-state index is -1.02. The number of amides is 4. The number of thioether (sulfide) groups is 1. The summed E-state index contributed by atoms with van der Waals surface area (Å²) in [5, 5.41) is 8.79. The third-order valence-corrected chi connectivity index (χ3v) is 8.11. The topological polar surface area (TPSA) is 108 Å². The summed E-state index contributed by atoms with van der Waals surface area (Å²) < 4.78 is 0. The Morgan fingerprint density at radius 3 is 2.30 bits per heavy atom. The standard InChI is InChI=1S/C24H40N4O4S/c1-2-3-11-19(20(29)21(30)25-18-9-5-6-10-18)26-22(31)24(12-7-4-8-13-24)27-23(32)28-14-16-33-17-15-28/h18-19H,2-17H2,1H3,(H,25,30)(H,26,31)(H,27,32). The maximum absolute atomic E-state index is 13.6. The van der Waals surface area contributed by atoms with Crippen molar-refractivity contribution in [3.05, 3.63) is 0 Å². The van der Waals surface area contributed by atoms with Gasteiger partial charge in [-0.1, -0.05) is 51.9 Å². The van der Waals surface area contributed by atoms with Crippen LogP contribution >= 0.6 is 11.8 Å². The lowest BCUT2D eigenvalue weighted by Gasteiger charge is -2.39. The molecule has 4 amide bonds. The zero-order chi connectivity index (χ0) is 23.7. The van der Waals surface area contributed by atoms with E-state index in [-0.39, 0.29) is 18.0 Å². The van der Waals surface area contributed by atoms with E-state index in [2.05, 4.69) is 16.0 Å². The van der Waals surface area contributed by atoms with Gasteiger partial charge in [-0.2, -0.15) is 11.8 Å². The molecule has 0 aromatic rings. The van der Waals surface area contributed by atoms with Gasteiger partial charge in [-0.3, -0.25) is 14.4 Å². The van der Waals surface area contributed by atoms with Crippen LogP contribution in [0.25, 0.3) is 0 Å². The van der Waals surface area contributed by atoms with Crippen LogP contribution in [-0.2, 0) is 14.4 Å². The van der Waals surface area contributed by atoms with Crippen LogP contribution < -0.4 is 16.0 Å². The molecule has 1 saturated heterocycles. The number of carbonyl (C=O) groups excluding carboxylic acids is 4. The zero-order valence-electron chi connectivity index (χ0n) is 20.0. The molecule has 3 rings (SSSR count). The van der Waals surface area contributed by atoms with E-state index >= 15 is 0 Å². The molecule has 0 radical (unpaired) electrons. The summed E-state index contributed by atoms with van der Waals surface area (Å²) in [4.78, 5) is 53.9. The Labute approximate surface area is 201 Å². The number of urea groups is 1. The van der Waals surface area contributed by atoms with Gasteiger partial charge >= 0.3 is 6.03 Å². The van der Waals surface area contributed by atoms with Crippen molar-refractivity contribution in [1.82, 2.24) is 20.9 Å². The monoisotopic (exact) mass is 480 g/mol. The van der Waals surface area contributed by atoms with E-state index < -0.39 is 23.3 Å². The Hall–Kier alpha value is -1.77. The van der Waals surface area contributed by atoms with Gasteiger partial charge in [-0.15, -0.1) is 0 Å². The largest absolute Gasteiger partial charge is 0.347 e. The quantitative estimate of drug-likeness (QED) is 0.440. The number of rotatable bonds is 9. The zero-order valence-corrected chi connectivity index (χ0v) is 20.8. The molecule has 9 heteroatoms. The molecule has 2 aliphatic carbocycles. The molecule has 33 heavy (non-hydrogen) atoms. The van der Waals surface area contributed by atoms with Gasteiger partial charge in [0.05, 0.1) is 6.04 Å². The highest BCUT2D eigenvalue weighted by Crippen LogP contribution is 2.29. The fraction of sp³-hybridized carbons (Fsp3) is 0.833. The molecule has 0 spiro atoms. The Bertz CT molecular complexity index is 699. The van der Waals surface area contributed by atoms with Gasteiger partial charge in [-0.25, -0.2) is 4.79 Å². The lowest BCUT2D eigenvalue weighted by atomic mass is 9.80. The molecule has 3 fully saturated rings. The number of unbranched alkanes of at least 4 members (excludes halogenated alkanes) is 1. The molecule has 1 aliphatic heterocycles. The van der Waals surface area contributed by atoms with Crippen LogP contribution in [0.4, 0.5) is 4.79 Å². The van der Waals surface area contributed by atoms with Crippen LogP contribution in [0, 0.1) is 0 Å². The van der Waals surface area contributed by atoms with Crippen molar-refractivity contribution >= 4 is 35.4 Å². The van der Waals surface area contributed by atoms with Crippen LogP contribution in [-0.4, -0.2) is 70.7 Å². The normalized spacial score (nSPS) is 21.8. The van der Waals surface area contributed by atoms with Crippen molar-refractivity contribution in [3.8, 4) is 0 Å². The Morgan fingerprint density at radius 2 is 1.67 bits per heavy atom. The highest BCUT2D eigenvalue weighted by Gasteiger charge is 2.43. The van der Waals surface area contributed by atoms with Crippen molar-refractivity contribution in [3.63, 3.8) is 0 Å². The van der Waals surface area contributed by atoms with Gasteiger partial charge in [0.15, 0.2) is 0 Å². The average molecular weight is 481 g/mol. The summed E-state index contributed by atoms with van der Waals surface area (Å²) in [6.07, 6.45) is 9.76. The van der Waals surface area contributed by atoms with Crippen molar-refractivity contribution in [2.75, 3.05) is 24.6 Å². The second-order valence-electron chi connectivity index (χ2n) is 9.66. The van der Waals surface area contributed by atoms with Crippen molar-refractivity contribution in [2.45, 2.75) is 102 Å². The minimum absolute atomic E-state index is 0.0515. The van der Waals surface area contributed by atoms with E-state index in [0.717, 1.165) is 69.3 Å². The van der Waals surface area contributed by atoms with Gasteiger partial charge in [-0.05, 0) is 32.1 Å². The molecule has 3 aliphatic rings. The predicted molar refractivity (Wildman–Crippen MR) is 130 cm³/mol. The van der Waals surface area contributed by atoms with Crippen LogP contribution in [0.3, 0.4) is 0 Å². The lowest BCUT2D eigenvalue weighted by Crippen LogP contribution is -2.64. The fourth-order valence-electron chi connectivity index (χ4n) is 5.07. The van der Waals surface area contributed by atoms with E-state index in [1.807, 2.05) is 18.7 Å². The summed E-state index contributed by atoms with van der Waals surface area (Å²) in [6.45, 7) is 3.36. The number of Topliss-reactive ketones (excluding diaryl/α,β-unsaturated/α-hetero) is 1. The lowest BCUT2D eigenvalue weighted by molar-refractivity contribution is -0.141. The fourth-order valence-corrected chi connectivity index (χ4v) is 5.98. The Kier molecular flexibility index (Phi) is 9.89. The first kappa shape index (κ1) is 25.8. The molecule has 8 nitrogen and oxygen atoms in total. The minimum Gasteiger partial charge on any atom is -0.347 e. The average Bonchev–Trinajstić information content (AvgIpc) is 3.35. The molecule has 1 unspecified atom stereocenters. The van der Waals surface area contributed by atoms with Crippen LogP contribution in [0.1, 0.15) is 84.0 Å². The van der Waals surface area contributed by atoms with Crippen LogP contribution in [0.15, 0.2) is 0 Å².